The van der Waals surface area contributed by atoms with E-state index in [1.807, 2.05) is 0 Å². The number of carbonyl (C=O) groups is 8. The summed E-state index contributed by atoms with van der Waals surface area (Å²) in [5, 5.41) is 42.3. The molecule has 0 spiro atoms. The molecule has 1 aromatic rings. The zero-order valence-corrected chi connectivity index (χ0v) is 31.1. The van der Waals surface area contributed by atoms with Gasteiger partial charge in [-0.15, -0.1) is 0 Å². The van der Waals surface area contributed by atoms with Crippen LogP contribution in [0.1, 0.15) is 59.4 Å². The molecule has 19 heteroatoms. The highest BCUT2D eigenvalue weighted by Crippen LogP contribution is 2.19. The molecule has 1 aliphatic heterocycles. The Kier molecular flexibility index (Phi) is 17.4. The Labute approximate surface area is 313 Å². The molecule has 0 saturated carbocycles. The maximum absolute atomic E-state index is 13.8. The van der Waals surface area contributed by atoms with E-state index < -0.39 is 121 Å². The van der Waals surface area contributed by atoms with Gasteiger partial charge in [0.1, 0.15) is 36.3 Å². The number of amides is 7. The van der Waals surface area contributed by atoms with Crippen molar-refractivity contribution in [2.24, 2.45) is 23.3 Å². The van der Waals surface area contributed by atoms with Gasteiger partial charge in [0, 0.05) is 13.0 Å². The molecule has 54 heavy (non-hydrogen) atoms. The molecule has 0 aromatic heterocycles. The molecule has 0 bridgehead atoms. The number of carboxylic acids is 1. The molecule has 1 fully saturated rings. The van der Waals surface area contributed by atoms with E-state index in [0.29, 0.717) is 12.0 Å². The van der Waals surface area contributed by atoms with Crippen molar-refractivity contribution in [3.8, 4) is 0 Å². The lowest BCUT2D eigenvalue weighted by molar-refractivity contribution is -0.150. The lowest BCUT2D eigenvalue weighted by atomic mass is 9.99. The molecular formula is C35H54N8O11. The molecule has 2 rings (SSSR count). The number of nitrogens with two attached hydrogens (primary N) is 2. The first kappa shape index (κ1) is 45.0. The first-order chi connectivity index (χ1) is 25.3. The van der Waals surface area contributed by atoms with Gasteiger partial charge < -0.3 is 58.3 Å². The minimum absolute atomic E-state index is 0.0835. The smallest absolute Gasteiger partial charge is 0.326 e. The molecule has 300 valence electrons. The first-order valence-corrected chi connectivity index (χ1v) is 17.7. The monoisotopic (exact) mass is 762 g/mol. The van der Waals surface area contributed by atoms with Gasteiger partial charge in [0.2, 0.25) is 41.4 Å². The summed E-state index contributed by atoms with van der Waals surface area (Å²) in [4.78, 5) is 104. The average Bonchev–Trinajstić information content (AvgIpc) is 3.60. The number of carboxylic acid groups (broad SMARTS) is 1. The van der Waals surface area contributed by atoms with Crippen LogP contribution in [0.4, 0.5) is 0 Å². The van der Waals surface area contributed by atoms with Gasteiger partial charge in [0.15, 0.2) is 0 Å². The Bertz CT molecular complexity index is 1510. The minimum Gasteiger partial charge on any atom is -0.480 e. The molecule has 7 amide bonds. The van der Waals surface area contributed by atoms with Crippen molar-refractivity contribution in [1.82, 2.24) is 31.5 Å². The fraction of sp³-hybridized carbons (Fsp3) is 0.600. The molecule has 1 saturated heterocycles. The van der Waals surface area contributed by atoms with Crippen LogP contribution in [0.2, 0.25) is 0 Å². The third-order valence-electron chi connectivity index (χ3n) is 8.85. The number of nitrogens with one attached hydrogen (secondary N) is 5. The standard InChI is InChI=1S/C35H54N8O11/c1-17(2)26(40-29(47)21(36)15-25(37)46)31(49)38-22(14-20-10-7-6-8-11-20)30(48)42-28(19(5)45)33(51)41-27(18(3)4)32(50)39-23(16-44)34(52)43-13-9-12-24(43)35(53)54/h6-8,10-11,17-19,21-24,26-28,44-45H,9,12-16,36H2,1-5H3,(H2,37,46)(H,38,49)(H,39,50)(H,40,47)(H,41,51)(H,42,48)(H,53,54)/t19-,21+,22+,23+,24+,26+,27+,28+/m1/s1. The summed E-state index contributed by atoms with van der Waals surface area (Å²) in [6.45, 7) is 6.89. The molecule has 1 aliphatic rings. The highest BCUT2D eigenvalue weighted by molar-refractivity contribution is 5.97. The van der Waals surface area contributed by atoms with E-state index in [0.717, 1.165) is 4.90 Å². The summed E-state index contributed by atoms with van der Waals surface area (Å²) in [6, 6.07) is -0.988. The zero-order valence-electron chi connectivity index (χ0n) is 31.1. The number of rotatable bonds is 20. The zero-order chi connectivity index (χ0) is 40.9. The lowest BCUT2D eigenvalue weighted by Gasteiger charge is -2.30. The van der Waals surface area contributed by atoms with Crippen LogP contribution in [0.25, 0.3) is 0 Å². The Hall–Kier alpha value is -5.14. The molecule has 0 unspecified atom stereocenters. The van der Waals surface area contributed by atoms with Crippen LogP contribution < -0.4 is 38.1 Å². The predicted octanol–water partition coefficient (Wildman–Crippen LogP) is -3.38. The summed E-state index contributed by atoms with van der Waals surface area (Å²) in [6.07, 6.45) is -1.45. The van der Waals surface area contributed by atoms with Crippen LogP contribution in [0.3, 0.4) is 0 Å². The molecular weight excluding hydrogens is 708 g/mol. The van der Waals surface area contributed by atoms with Crippen LogP contribution in [0, 0.1) is 11.8 Å². The molecule has 0 radical (unpaired) electrons. The van der Waals surface area contributed by atoms with Gasteiger partial charge in [-0.3, -0.25) is 33.6 Å². The number of carbonyl (C=O) groups excluding carboxylic acids is 7. The molecule has 19 nitrogen and oxygen atoms in total. The van der Waals surface area contributed by atoms with Gasteiger partial charge >= 0.3 is 5.97 Å². The molecule has 12 N–H and O–H groups in total. The van der Waals surface area contributed by atoms with E-state index in [1.54, 1.807) is 58.0 Å². The predicted molar refractivity (Wildman–Crippen MR) is 192 cm³/mol. The molecule has 8 atom stereocenters. The topological polar surface area (TPSA) is 313 Å². The lowest BCUT2D eigenvalue weighted by Crippen LogP contribution is -2.63. The van der Waals surface area contributed by atoms with Gasteiger partial charge in [0.25, 0.3) is 0 Å². The Balaban J connectivity index is 2.27. The SMILES string of the molecule is CC(C)[C@H](NC(=O)[C@@H](NC(=O)[C@H](Cc1ccccc1)NC(=O)[C@@H](NC(=O)[C@@H](N)CC(N)=O)C(C)C)[C@@H](C)O)C(=O)N[C@@H](CO)C(=O)N1CCC[C@H]1C(=O)O. The van der Waals surface area contributed by atoms with Crippen molar-refractivity contribution in [1.29, 1.82) is 0 Å². The summed E-state index contributed by atoms with van der Waals surface area (Å²) in [5.74, 6) is -8.37. The summed E-state index contributed by atoms with van der Waals surface area (Å²) >= 11 is 0. The summed E-state index contributed by atoms with van der Waals surface area (Å²) in [5.41, 5.74) is 11.5. The fourth-order valence-electron chi connectivity index (χ4n) is 5.80. The normalized spacial score (nSPS) is 18.0. The van der Waals surface area contributed by atoms with Crippen molar-refractivity contribution in [3.63, 3.8) is 0 Å². The number of aliphatic hydroxyl groups is 2. The van der Waals surface area contributed by atoms with E-state index in [-0.39, 0.29) is 19.4 Å². The van der Waals surface area contributed by atoms with E-state index in [9.17, 15) is 53.7 Å². The van der Waals surface area contributed by atoms with Gasteiger partial charge in [-0.1, -0.05) is 58.0 Å². The van der Waals surface area contributed by atoms with Crippen LogP contribution in [0.5, 0.6) is 0 Å². The quantitative estimate of drug-likeness (QED) is 0.0622. The highest BCUT2D eigenvalue weighted by Gasteiger charge is 2.39. The van der Waals surface area contributed by atoms with Gasteiger partial charge in [-0.25, -0.2) is 4.79 Å². The number of primary amides is 1. The van der Waals surface area contributed by atoms with Crippen LogP contribution in [0.15, 0.2) is 30.3 Å². The Morgan fingerprint density at radius 2 is 1.26 bits per heavy atom. The number of aliphatic hydroxyl groups excluding tert-OH is 2. The maximum Gasteiger partial charge on any atom is 0.326 e. The van der Waals surface area contributed by atoms with Crippen molar-refractivity contribution >= 4 is 47.3 Å². The van der Waals surface area contributed by atoms with E-state index in [2.05, 4.69) is 26.6 Å². The van der Waals surface area contributed by atoms with E-state index >= 15 is 0 Å². The number of benzene rings is 1. The number of hydrogen-bond donors (Lipinski definition) is 10. The van der Waals surface area contributed by atoms with E-state index in [4.69, 9.17) is 11.5 Å². The summed E-state index contributed by atoms with van der Waals surface area (Å²) < 4.78 is 0. The average molecular weight is 763 g/mol. The van der Waals surface area contributed by atoms with Gasteiger partial charge in [-0.05, 0) is 37.2 Å². The third-order valence-corrected chi connectivity index (χ3v) is 8.85. The van der Waals surface area contributed by atoms with Gasteiger partial charge in [-0.2, -0.15) is 0 Å². The Morgan fingerprint density at radius 3 is 1.74 bits per heavy atom. The second-order valence-electron chi connectivity index (χ2n) is 14.0. The molecule has 1 heterocycles. The Morgan fingerprint density at radius 1 is 0.759 bits per heavy atom. The number of likely N-dealkylation sites (tertiary alicyclic amines) is 1. The second-order valence-corrected chi connectivity index (χ2v) is 14.0. The minimum atomic E-state index is -1.66. The van der Waals surface area contributed by atoms with E-state index in [1.165, 1.54) is 6.92 Å². The van der Waals surface area contributed by atoms with Crippen molar-refractivity contribution in [3.05, 3.63) is 35.9 Å². The fourth-order valence-corrected chi connectivity index (χ4v) is 5.80. The highest BCUT2D eigenvalue weighted by atomic mass is 16.4. The summed E-state index contributed by atoms with van der Waals surface area (Å²) in [7, 11) is 0. The first-order valence-electron chi connectivity index (χ1n) is 17.7. The number of aliphatic carboxylic acids is 1. The van der Waals surface area contributed by atoms with Crippen LogP contribution >= 0.6 is 0 Å². The maximum atomic E-state index is 13.8. The van der Waals surface area contributed by atoms with Crippen molar-refractivity contribution in [2.75, 3.05) is 13.2 Å². The largest absolute Gasteiger partial charge is 0.480 e. The number of nitrogens with zero attached hydrogens (tertiary/aromatic N) is 1. The van der Waals surface area contributed by atoms with Crippen LogP contribution in [-0.2, 0) is 44.8 Å². The molecule has 0 aliphatic carbocycles. The third kappa shape index (κ3) is 13.1. The van der Waals surface area contributed by atoms with Gasteiger partial charge in [0.05, 0.1) is 25.2 Å². The second kappa shape index (κ2) is 20.9. The van der Waals surface area contributed by atoms with Crippen molar-refractivity contribution in [2.45, 2.75) is 109 Å². The van der Waals surface area contributed by atoms with Crippen LogP contribution in [-0.4, -0.2) is 129 Å². The number of hydrogen-bond acceptors (Lipinski definition) is 11. The van der Waals surface area contributed by atoms with Crippen molar-refractivity contribution < 1.29 is 53.7 Å². The molecule has 1 aromatic carbocycles.